The van der Waals surface area contributed by atoms with Gasteiger partial charge in [-0.3, -0.25) is 5.14 Å². The molecule has 10 heteroatoms. The molecule has 36 heavy (non-hydrogen) atoms. The lowest BCUT2D eigenvalue weighted by Crippen LogP contribution is -2.41. The van der Waals surface area contributed by atoms with Gasteiger partial charge in [-0.1, -0.05) is 12.0 Å². The fourth-order valence-corrected chi connectivity index (χ4v) is 4.83. The number of alkyl halides is 3. The molecule has 0 bridgehead atoms. The minimum atomic E-state index is -4.37. The molecule has 192 valence electrons. The summed E-state index contributed by atoms with van der Waals surface area (Å²) in [5.41, 5.74) is 2.38. The van der Waals surface area contributed by atoms with Crippen molar-refractivity contribution in [3.8, 4) is 17.6 Å². The number of ether oxygens (including phenoxy) is 1. The largest absolute Gasteiger partial charge is 0.495 e. The van der Waals surface area contributed by atoms with Crippen molar-refractivity contribution in [2.45, 2.75) is 49.5 Å². The summed E-state index contributed by atoms with van der Waals surface area (Å²) in [6, 6.07) is 13.3. The highest BCUT2D eigenvalue weighted by atomic mass is 32.2. The van der Waals surface area contributed by atoms with Crippen LogP contribution in [0.5, 0.6) is 5.75 Å². The summed E-state index contributed by atoms with van der Waals surface area (Å²) in [7, 11) is 1.56. The molecule has 1 aromatic heterocycles. The fraction of sp³-hybridized carbons (Fsp3) is 0.385. The molecule has 1 aliphatic heterocycles. The maximum atomic E-state index is 13.5. The second-order valence-electron chi connectivity index (χ2n) is 8.83. The number of nitrogens with zero attached hydrogens (tertiary/aromatic N) is 1. The van der Waals surface area contributed by atoms with Gasteiger partial charge in [-0.25, -0.2) is 0 Å². The maximum absolute atomic E-state index is 13.5. The molecule has 0 unspecified atom stereocenters. The first-order chi connectivity index (χ1) is 17.3. The van der Waals surface area contributed by atoms with Crippen LogP contribution in [-0.4, -0.2) is 43.0 Å². The van der Waals surface area contributed by atoms with Crippen LogP contribution in [0.2, 0.25) is 0 Å². The molecule has 0 amide bonds. The first kappa shape index (κ1) is 26.1. The lowest BCUT2D eigenvalue weighted by molar-refractivity contribution is -0.140. The van der Waals surface area contributed by atoms with Crippen molar-refractivity contribution in [2.24, 2.45) is 5.14 Å². The number of piperidine rings is 1. The van der Waals surface area contributed by atoms with Crippen LogP contribution in [-0.2, 0) is 6.54 Å². The van der Waals surface area contributed by atoms with Gasteiger partial charge in [-0.2, -0.15) is 13.2 Å². The van der Waals surface area contributed by atoms with E-state index < -0.39 is 12.7 Å². The van der Waals surface area contributed by atoms with E-state index in [9.17, 15) is 13.2 Å². The van der Waals surface area contributed by atoms with Gasteiger partial charge in [0.15, 0.2) is 0 Å². The Kier molecular flexibility index (Phi) is 8.24. The van der Waals surface area contributed by atoms with Crippen molar-refractivity contribution >= 4 is 34.2 Å². The first-order valence-corrected chi connectivity index (χ1v) is 12.6. The van der Waals surface area contributed by atoms with Crippen LogP contribution in [0.25, 0.3) is 10.9 Å². The van der Waals surface area contributed by atoms with Gasteiger partial charge in [-0.15, -0.1) is 0 Å². The molecular formula is C26H30F3N5OS. The van der Waals surface area contributed by atoms with Gasteiger partial charge in [0.2, 0.25) is 0 Å². The van der Waals surface area contributed by atoms with Crippen LogP contribution < -0.4 is 25.8 Å². The summed E-state index contributed by atoms with van der Waals surface area (Å²) < 4.78 is 47.0. The van der Waals surface area contributed by atoms with E-state index in [4.69, 9.17) is 9.88 Å². The average molecular weight is 518 g/mol. The lowest BCUT2D eigenvalue weighted by atomic mass is 10.00. The Morgan fingerprint density at radius 2 is 2.06 bits per heavy atom. The van der Waals surface area contributed by atoms with Crippen LogP contribution in [0.3, 0.4) is 0 Å². The second kappa shape index (κ2) is 11.4. The third kappa shape index (κ3) is 6.40. The number of nitrogens with two attached hydrogens (primary N) is 1. The number of hydrogen-bond acceptors (Lipinski definition) is 6. The topological polar surface area (TPSA) is 76.3 Å². The third-order valence-corrected chi connectivity index (χ3v) is 6.69. The number of halogens is 3. The molecule has 0 aliphatic carbocycles. The van der Waals surface area contributed by atoms with Crippen LogP contribution in [0.4, 0.5) is 24.5 Å². The molecule has 2 heterocycles. The summed E-state index contributed by atoms with van der Waals surface area (Å²) in [6.45, 7) is 2.17. The van der Waals surface area contributed by atoms with Gasteiger partial charge in [-0.05, 0) is 80.6 Å². The number of fused-ring (bicyclic) bond motifs is 1. The normalized spacial score (nSPS) is 17.9. The highest BCUT2D eigenvalue weighted by molar-refractivity contribution is 7.97. The van der Waals surface area contributed by atoms with Crippen molar-refractivity contribution in [3.63, 3.8) is 0 Å². The Labute approximate surface area is 213 Å². The Hall–Kier alpha value is -3.00. The number of anilines is 2. The fourth-order valence-electron chi connectivity index (χ4n) is 4.51. The molecule has 0 spiro atoms. The van der Waals surface area contributed by atoms with E-state index in [2.05, 4.69) is 34.7 Å². The van der Waals surface area contributed by atoms with E-state index in [1.807, 2.05) is 18.2 Å². The number of rotatable bonds is 7. The number of methoxy groups -OCH3 is 1. The van der Waals surface area contributed by atoms with Crippen LogP contribution in [0, 0.1) is 11.8 Å². The van der Waals surface area contributed by atoms with Gasteiger partial charge in [0.1, 0.15) is 12.3 Å². The average Bonchev–Trinajstić information content (AvgIpc) is 3.18. The SMILES string of the molecule is COc1cc(SN)ccc1NCC#Cc1cc2c(N[C@H]3CCN[C@@H](C)C3)cccc2n1CC(F)(F)F. The Morgan fingerprint density at radius 3 is 2.78 bits per heavy atom. The number of benzene rings is 2. The zero-order valence-corrected chi connectivity index (χ0v) is 21.0. The molecule has 0 radical (unpaired) electrons. The molecule has 6 nitrogen and oxygen atoms in total. The minimum absolute atomic E-state index is 0.233. The quantitative estimate of drug-likeness (QED) is 0.255. The summed E-state index contributed by atoms with van der Waals surface area (Å²) in [6.07, 6.45) is -2.46. The van der Waals surface area contributed by atoms with Crippen molar-refractivity contribution in [3.05, 3.63) is 48.2 Å². The molecule has 2 atom stereocenters. The summed E-state index contributed by atoms with van der Waals surface area (Å²) in [5, 5.41) is 16.5. The molecule has 5 N–H and O–H groups in total. The highest BCUT2D eigenvalue weighted by Crippen LogP contribution is 2.31. The van der Waals surface area contributed by atoms with Crippen LogP contribution in [0.15, 0.2) is 47.4 Å². The first-order valence-electron chi connectivity index (χ1n) is 11.7. The van der Waals surface area contributed by atoms with E-state index in [0.717, 1.165) is 53.0 Å². The molecule has 3 aromatic rings. The van der Waals surface area contributed by atoms with Crippen LogP contribution in [0.1, 0.15) is 25.5 Å². The van der Waals surface area contributed by atoms with Gasteiger partial charge in [0, 0.05) is 28.1 Å². The number of aromatic nitrogens is 1. The monoisotopic (exact) mass is 517 g/mol. The maximum Gasteiger partial charge on any atom is 0.406 e. The standard InChI is InChI=1S/C26H30F3N5OS/c1-17-13-18(10-12-31-17)33-22-6-3-7-24-21(22)14-19(34(24)16-26(27,28)29)5-4-11-32-23-9-8-20(36-30)15-25(23)35-2/h3,6-9,14-15,17-18,31-33H,10-13,16,30H2,1-2H3/t17-,18-/m0/s1. The van der Waals surface area contributed by atoms with Gasteiger partial charge >= 0.3 is 6.18 Å². The molecule has 1 fully saturated rings. The summed E-state index contributed by atoms with van der Waals surface area (Å²) in [4.78, 5) is 0.850. The summed E-state index contributed by atoms with van der Waals surface area (Å²) in [5.74, 6) is 6.51. The molecule has 2 aromatic carbocycles. The zero-order valence-electron chi connectivity index (χ0n) is 20.2. The molecule has 4 rings (SSSR count). The Morgan fingerprint density at radius 1 is 1.22 bits per heavy atom. The minimum Gasteiger partial charge on any atom is -0.495 e. The molecular weight excluding hydrogens is 487 g/mol. The Bertz CT molecular complexity index is 1260. The highest BCUT2D eigenvalue weighted by Gasteiger charge is 2.30. The van der Waals surface area contributed by atoms with E-state index in [1.54, 1.807) is 31.4 Å². The van der Waals surface area contributed by atoms with Gasteiger partial charge in [0.05, 0.1) is 30.6 Å². The zero-order chi connectivity index (χ0) is 25.7. The lowest BCUT2D eigenvalue weighted by Gasteiger charge is -2.29. The second-order valence-corrected chi connectivity index (χ2v) is 9.53. The third-order valence-electron chi connectivity index (χ3n) is 6.16. The van der Waals surface area contributed by atoms with E-state index >= 15 is 0 Å². The predicted molar refractivity (Wildman–Crippen MR) is 141 cm³/mol. The number of hydrogen-bond donors (Lipinski definition) is 4. The van der Waals surface area contributed by atoms with Crippen molar-refractivity contribution in [1.82, 2.24) is 9.88 Å². The van der Waals surface area contributed by atoms with E-state index in [0.29, 0.717) is 23.0 Å². The predicted octanol–water partition coefficient (Wildman–Crippen LogP) is 5.19. The van der Waals surface area contributed by atoms with Crippen molar-refractivity contribution in [1.29, 1.82) is 0 Å². The van der Waals surface area contributed by atoms with E-state index in [1.165, 1.54) is 4.57 Å². The molecule has 0 saturated carbocycles. The summed E-state index contributed by atoms with van der Waals surface area (Å²) >= 11 is 1.11. The smallest absolute Gasteiger partial charge is 0.406 e. The van der Waals surface area contributed by atoms with Crippen molar-refractivity contribution in [2.75, 3.05) is 30.8 Å². The van der Waals surface area contributed by atoms with Crippen LogP contribution >= 0.6 is 11.9 Å². The number of nitrogens with one attached hydrogen (secondary N) is 3. The molecule has 1 aliphatic rings. The van der Waals surface area contributed by atoms with Gasteiger partial charge < -0.3 is 25.3 Å². The molecule has 1 saturated heterocycles. The van der Waals surface area contributed by atoms with Crippen molar-refractivity contribution < 1.29 is 17.9 Å². The van der Waals surface area contributed by atoms with Gasteiger partial charge in [0.25, 0.3) is 0 Å². The Balaban J connectivity index is 1.60. The van der Waals surface area contributed by atoms with E-state index in [-0.39, 0.29) is 12.6 Å².